The molecule has 0 aliphatic rings. The normalized spacial score (nSPS) is 10.5. The third kappa shape index (κ3) is 4.39. The molecule has 87 valence electrons. The molecule has 5 heteroatoms. The molecule has 0 amide bonds. The SMILES string of the molecule is [CH2]OCc1ccc(NCC(=O)C(Cl)Cl)cc1. The van der Waals surface area contributed by atoms with Crippen molar-refractivity contribution in [2.75, 3.05) is 11.9 Å². The Hall–Kier alpha value is -0.770. The minimum absolute atomic E-state index is 0.114. The number of ketones is 1. The average Bonchev–Trinajstić information content (AvgIpc) is 2.28. The molecule has 0 unspecified atom stereocenters. The second-order valence-electron chi connectivity index (χ2n) is 3.17. The summed E-state index contributed by atoms with van der Waals surface area (Å²) in [4.78, 5) is 10.2. The summed E-state index contributed by atoms with van der Waals surface area (Å²) in [6.45, 7) is 0.577. The van der Waals surface area contributed by atoms with Crippen LogP contribution >= 0.6 is 23.2 Å². The lowest BCUT2D eigenvalue weighted by Crippen LogP contribution is -2.19. The van der Waals surface area contributed by atoms with Crippen molar-refractivity contribution >= 4 is 34.7 Å². The topological polar surface area (TPSA) is 38.3 Å². The van der Waals surface area contributed by atoms with Gasteiger partial charge in [-0.25, -0.2) is 0 Å². The number of halogens is 2. The number of anilines is 1. The Morgan fingerprint density at radius 2 is 2.00 bits per heavy atom. The van der Waals surface area contributed by atoms with Crippen LogP contribution in [0.15, 0.2) is 24.3 Å². The lowest BCUT2D eigenvalue weighted by molar-refractivity contribution is -0.115. The highest BCUT2D eigenvalue weighted by Crippen LogP contribution is 2.11. The first-order chi connectivity index (χ1) is 7.63. The zero-order valence-corrected chi connectivity index (χ0v) is 10.1. The van der Waals surface area contributed by atoms with Crippen LogP contribution in [0.1, 0.15) is 5.56 Å². The van der Waals surface area contributed by atoms with Crippen LogP contribution in [0.5, 0.6) is 0 Å². The molecule has 1 radical (unpaired) electrons. The van der Waals surface area contributed by atoms with Crippen LogP contribution in [0.2, 0.25) is 0 Å². The molecule has 3 nitrogen and oxygen atoms in total. The highest BCUT2D eigenvalue weighted by molar-refractivity contribution is 6.54. The third-order valence-electron chi connectivity index (χ3n) is 1.93. The largest absolute Gasteiger partial charge is 0.378 e. The van der Waals surface area contributed by atoms with Crippen molar-refractivity contribution in [3.05, 3.63) is 36.9 Å². The van der Waals surface area contributed by atoms with Crippen molar-refractivity contribution in [3.8, 4) is 0 Å². The molecule has 0 heterocycles. The number of rotatable bonds is 6. The Morgan fingerprint density at radius 3 is 2.50 bits per heavy atom. The van der Waals surface area contributed by atoms with E-state index in [1.807, 2.05) is 24.3 Å². The quantitative estimate of drug-likeness (QED) is 0.800. The Bertz CT molecular complexity index is 338. The van der Waals surface area contributed by atoms with Crippen LogP contribution in [0, 0.1) is 7.11 Å². The minimum Gasteiger partial charge on any atom is -0.378 e. The van der Waals surface area contributed by atoms with Gasteiger partial charge in [-0.15, -0.1) is 0 Å². The molecule has 0 atom stereocenters. The molecule has 0 fully saturated rings. The van der Waals surface area contributed by atoms with Gasteiger partial charge >= 0.3 is 0 Å². The molecule has 0 saturated carbocycles. The fourth-order valence-electron chi connectivity index (χ4n) is 1.10. The van der Waals surface area contributed by atoms with Crippen molar-refractivity contribution in [2.24, 2.45) is 0 Å². The smallest absolute Gasteiger partial charge is 0.184 e. The molecule has 0 aromatic heterocycles. The van der Waals surface area contributed by atoms with Gasteiger partial charge < -0.3 is 10.1 Å². The highest BCUT2D eigenvalue weighted by Gasteiger charge is 2.10. The van der Waals surface area contributed by atoms with E-state index < -0.39 is 4.84 Å². The summed E-state index contributed by atoms with van der Waals surface area (Å²) in [7, 11) is 3.29. The first-order valence-corrected chi connectivity index (χ1v) is 5.51. The van der Waals surface area contributed by atoms with Crippen LogP contribution < -0.4 is 5.32 Å². The highest BCUT2D eigenvalue weighted by atomic mass is 35.5. The standard InChI is InChI=1S/C11H12Cl2NO2/c1-16-7-8-2-4-9(5-3-8)14-6-10(15)11(12)13/h2-5,11,14H,1,6-7H2. The molecule has 0 aliphatic carbocycles. The van der Waals surface area contributed by atoms with E-state index in [2.05, 4.69) is 12.4 Å². The summed E-state index contributed by atoms with van der Waals surface area (Å²) >= 11 is 10.8. The summed E-state index contributed by atoms with van der Waals surface area (Å²) in [6.07, 6.45) is 0. The van der Waals surface area contributed by atoms with Gasteiger partial charge in [-0.2, -0.15) is 0 Å². The predicted molar refractivity (Wildman–Crippen MR) is 65.6 cm³/mol. The van der Waals surface area contributed by atoms with Gasteiger partial charge in [-0.3, -0.25) is 4.79 Å². The van der Waals surface area contributed by atoms with Crippen molar-refractivity contribution in [1.29, 1.82) is 0 Å². The number of nitrogens with one attached hydrogen (secondary N) is 1. The van der Waals surface area contributed by atoms with Gasteiger partial charge in [0.1, 0.15) is 0 Å². The molecule has 1 aromatic carbocycles. The number of benzene rings is 1. The summed E-state index contributed by atoms with van der Waals surface area (Å²) in [5, 5.41) is 2.92. The number of hydrogen-bond acceptors (Lipinski definition) is 3. The van der Waals surface area contributed by atoms with Crippen molar-refractivity contribution < 1.29 is 9.53 Å². The molecule has 0 spiro atoms. The maximum atomic E-state index is 11.1. The second kappa shape index (κ2) is 6.74. The molecule has 0 aliphatic heterocycles. The lowest BCUT2D eigenvalue weighted by atomic mass is 10.2. The fraction of sp³-hybridized carbons (Fsp3) is 0.273. The zero-order valence-electron chi connectivity index (χ0n) is 8.58. The van der Waals surface area contributed by atoms with E-state index in [0.717, 1.165) is 11.3 Å². The van der Waals surface area contributed by atoms with Crippen LogP contribution in [0.25, 0.3) is 0 Å². The fourth-order valence-corrected chi connectivity index (χ4v) is 1.26. The predicted octanol–water partition coefficient (Wildman–Crippen LogP) is 2.78. The van der Waals surface area contributed by atoms with Crippen molar-refractivity contribution in [3.63, 3.8) is 0 Å². The molecule has 0 saturated heterocycles. The van der Waals surface area contributed by atoms with Crippen molar-refractivity contribution in [2.45, 2.75) is 11.4 Å². The summed E-state index contributed by atoms with van der Waals surface area (Å²) in [5.74, 6) is -0.256. The van der Waals surface area contributed by atoms with Gasteiger partial charge in [0.2, 0.25) is 0 Å². The first-order valence-electron chi connectivity index (χ1n) is 4.64. The molecule has 0 bridgehead atoms. The Labute approximate surface area is 105 Å². The van der Waals surface area contributed by atoms with E-state index in [4.69, 9.17) is 27.9 Å². The van der Waals surface area contributed by atoms with Crippen LogP contribution in [-0.4, -0.2) is 17.2 Å². The van der Waals surface area contributed by atoms with Gasteiger partial charge in [0.05, 0.1) is 20.3 Å². The lowest BCUT2D eigenvalue weighted by Gasteiger charge is -2.07. The maximum absolute atomic E-state index is 11.1. The summed E-state index contributed by atoms with van der Waals surface area (Å²) < 4.78 is 4.74. The minimum atomic E-state index is -0.980. The number of alkyl halides is 2. The molecule has 1 N–H and O–H groups in total. The monoisotopic (exact) mass is 260 g/mol. The maximum Gasteiger partial charge on any atom is 0.184 e. The van der Waals surface area contributed by atoms with E-state index in [0.29, 0.717) is 6.61 Å². The number of carbonyl (C=O) groups is 1. The number of Topliss-reactive ketones (excluding diaryl/α,β-unsaturated/α-hetero) is 1. The first kappa shape index (κ1) is 13.3. The third-order valence-corrected chi connectivity index (χ3v) is 2.42. The average molecular weight is 261 g/mol. The van der Waals surface area contributed by atoms with E-state index in [-0.39, 0.29) is 12.3 Å². The molecular formula is C11H12Cl2NO2. The molecule has 1 rings (SSSR count). The van der Waals surface area contributed by atoms with Crippen LogP contribution in [0.4, 0.5) is 5.69 Å². The van der Waals surface area contributed by atoms with E-state index in [1.54, 1.807) is 0 Å². The molecular weight excluding hydrogens is 249 g/mol. The summed E-state index contributed by atoms with van der Waals surface area (Å²) in [6, 6.07) is 7.46. The van der Waals surface area contributed by atoms with E-state index in [9.17, 15) is 4.79 Å². The van der Waals surface area contributed by atoms with Crippen LogP contribution in [-0.2, 0) is 16.1 Å². The Balaban J connectivity index is 2.46. The Kier molecular flexibility index (Phi) is 5.60. The number of ether oxygens (including phenoxy) is 1. The second-order valence-corrected chi connectivity index (χ2v) is 4.26. The Morgan fingerprint density at radius 1 is 1.38 bits per heavy atom. The van der Waals surface area contributed by atoms with Gasteiger partial charge in [0.25, 0.3) is 0 Å². The van der Waals surface area contributed by atoms with Crippen molar-refractivity contribution in [1.82, 2.24) is 0 Å². The van der Waals surface area contributed by atoms with Gasteiger partial charge in [0, 0.05) is 5.69 Å². The summed E-state index contributed by atoms with van der Waals surface area (Å²) in [5.41, 5.74) is 1.84. The van der Waals surface area contributed by atoms with Crippen LogP contribution in [0.3, 0.4) is 0 Å². The van der Waals surface area contributed by atoms with Gasteiger partial charge in [-0.1, -0.05) is 35.3 Å². The van der Waals surface area contributed by atoms with Gasteiger partial charge in [-0.05, 0) is 17.7 Å². The van der Waals surface area contributed by atoms with Gasteiger partial charge in [0.15, 0.2) is 10.6 Å². The molecule has 16 heavy (non-hydrogen) atoms. The zero-order chi connectivity index (χ0) is 12.0. The van der Waals surface area contributed by atoms with E-state index >= 15 is 0 Å². The number of hydrogen-bond donors (Lipinski definition) is 1. The van der Waals surface area contributed by atoms with E-state index in [1.165, 1.54) is 0 Å². The molecule has 1 aromatic rings. The number of carbonyl (C=O) groups excluding carboxylic acids is 1.